The highest BCUT2D eigenvalue weighted by molar-refractivity contribution is 5.37. The molecule has 0 aliphatic heterocycles. The average molecular weight is 1130 g/mol. The molecule has 0 heteroatoms. The van der Waals surface area contributed by atoms with Crippen molar-refractivity contribution in [3.05, 3.63) is 70.8 Å². The first-order valence-corrected chi connectivity index (χ1v) is 35.1. The normalized spacial score (nSPS) is 15.0. The van der Waals surface area contributed by atoms with E-state index in [0.717, 1.165) is 41.4 Å². The first kappa shape index (κ1) is 97.6. The molecule has 4 aliphatic rings. The van der Waals surface area contributed by atoms with Crippen LogP contribution in [0.25, 0.3) is 0 Å². The van der Waals surface area contributed by atoms with Crippen LogP contribution in [0.5, 0.6) is 0 Å². The minimum absolute atomic E-state index is 0.500. The number of aryl methyl sites for hydroxylation is 1. The van der Waals surface area contributed by atoms with Crippen LogP contribution in [0.15, 0.2) is 48.5 Å². The van der Waals surface area contributed by atoms with Gasteiger partial charge in [0.25, 0.3) is 0 Å². The van der Waals surface area contributed by atoms with E-state index in [1.54, 1.807) is 0 Å². The molecular weight excluding hydrogens is 961 g/mol. The quantitative estimate of drug-likeness (QED) is 0.286. The zero-order valence-electron chi connectivity index (χ0n) is 63.7. The Bertz CT molecular complexity index is 1300. The lowest BCUT2D eigenvalue weighted by atomic mass is 9.74. The summed E-state index contributed by atoms with van der Waals surface area (Å²) < 4.78 is 0. The highest BCUT2D eigenvalue weighted by Crippen LogP contribution is 2.37. The van der Waals surface area contributed by atoms with Gasteiger partial charge in [0.15, 0.2) is 0 Å². The lowest BCUT2D eigenvalue weighted by molar-refractivity contribution is 0.201. The third-order valence-corrected chi connectivity index (χ3v) is 13.3. The van der Waals surface area contributed by atoms with Gasteiger partial charge in [-0.25, -0.2) is 0 Å². The zero-order valence-corrected chi connectivity index (χ0v) is 63.7. The van der Waals surface area contributed by atoms with Crippen molar-refractivity contribution in [2.75, 3.05) is 0 Å². The molecular formula is C80H166. The lowest BCUT2D eigenvalue weighted by Crippen LogP contribution is -2.19. The van der Waals surface area contributed by atoms with E-state index in [1.807, 2.05) is 59.7 Å². The second-order valence-electron chi connectivity index (χ2n) is 29.1. The molecule has 0 atom stereocenters. The van der Waals surface area contributed by atoms with E-state index in [1.165, 1.54) is 144 Å². The van der Waals surface area contributed by atoms with Crippen LogP contribution >= 0.6 is 0 Å². The zero-order chi connectivity index (χ0) is 65.1. The standard InChI is InChI=1S/C13H20.C9H18.C7H14.C7H8.C6H12.C6H14.3C5H12.C4H8.C4H10.C3H8.3C2H6/c1-9(2)12-7-6-8-13(10(3)4)11(12)5;1-8-4-6-9(2,3)7-5-8;2*1-7-5-3-2-4-6-7;1-6-4-2-3-5-6;1-5-6(2,3)4;1-5(2,3)4;2*1-4-5(2)3;1-4-2-3-4;1-4(2)3;1-3-2;3*1-2/h6-10H,1-5H3;8H,4-7H2,1-3H3;7H,2-6H2,1H3;2-6H,1H3;6H,2-5H2,1H3;5H2,1-4H3;1-4H3;2*5H,4H2,1-3H3;4H,2-3H2,1H3;4H,1-3H3;3H2,1-2H3;3*1-2H3. The Labute approximate surface area is 515 Å². The van der Waals surface area contributed by atoms with Crippen molar-refractivity contribution in [2.24, 2.45) is 57.7 Å². The van der Waals surface area contributed by atoms with Crippen molar-refractivity contribution in [2.45, 2.75) is 390 Å². The van der Waals surface area contributed by atoms with Crippen LogP contribution in [0.2, 0.25) is 0 Å². The van der Waals surface area contributed by atoms with Crippen molar-refractivity contribution in [3.8, 4) is 0 Å². The van der Waals surface area contributed by atoms with Crippen molar-refractivity contribution in [1.82, 2.24) is 0 Å². The molecule has 80 heavy (non-hydrogen) atoms. The molecule has 0 nitrogen and oxygen atoms in total. The predicted octanol–water partition coefficient (Wildman–Crippen LogP) is 30.4. The molecule has 0 aromatic heterocycles. The van der Waals surface area contributed by atoms with E-state index < -0.39 is 0 Å². The summed E-state index contributed by atoms with van der Waals surface area (Å²) in [5.74, 6) is 8.04. The maximum Gasteiger partial charge on any atom is -0.0216 e. The average Bonchev–Trinajstić information content (AvgIpc) is 4.02. The van der Waals surface area contributed by atoms with Gasteiger partial charge >= 0.3 is 0 Å². The summed E-state index contributed by atoms with van der Waals surface area (Å²) in [4.78, 5) is 0. The Morgan fingerprint density at radius 2 is 0.662 bits per heavy atom. The number of benzene rings is 2. The minimum atomic E-state index is 0.500. The van der Waals surface area contributed by atoms with Gasteiger partial charge in [-0.1, -0.05) is 406 Å². The van der Waals surface area contributed by atoms with Gasteiger partial charge in [0.1, 0.15) is 0 Å². The van der Waals surface area contributed by atoms with Crippen molar-refractivity contribution in [1.29, 1.82) is 0 Å². The van der Waals surface area contributed by atoms with Crippen LogP contribution in [-0.4, -0.2) is 0 Å². The number of hydrogen-bond acceptors (Lipinski definition) is 0. The van der Waals surface area contributed by atoms with Crippen molar-refractivity contribution in [3.63, 3.8) is 0 Å². The van der Waals surface area contributed by atoms with Crippen molar-refractivity contribution >= 4 is 0 Å². The van der Waals surface area contributed by atoms with E-state index in [4.69, 9.17) is 0 Å². The summed E-state index contributed by atoms with van der Waals surface area (Å²) in [6.07, 6.45) is 27.3. The fourth-order valence-electron chi connectivity index (χ4n) is 6.60. The fourth-order valence-corrected chi connectivity index (χ4v) is 6.60. The van der Waals surface area contributed by atoms with E-state index in [-0.39, 0.29) is 0 Å². The summed E-state index contributed by atoms with van der Waals surface area (Å²) in [7, 11) is 0. The number of rotatable bonds is 4. The van der Waals surface area contributed by atoms with Crippen LogP contribution in [0.4, 0.5) is 0 Å². The molecule has 2 aromatic carbocycles. The van der Waals surface area contributed by atoms with Gasteiger partial charge in [-0.05, 0) is 113 Å². The highest BCUT2D eigenvalue weighted by Gasteiger charge is 2.24. The summed E-state index contributed by atoms with van der Waals surface area (Å²) in [5, 5.41) is 0. The highest BCUT2D eigenvalue weighted by atomic mass is 14.3. The Morgan fingerprint density at radius 1 is 0.425 bits per heavy atom. The summed E-state index contributed by atoms with van der Waals surface area (Å²) >= 11 is 0. The largest absolute Gasteiger partial charge is 0.0683 e. The second kappa shape index (κ2) is 66.6. The van der Waals surface area contributed by atoms with Gasteiger partial charge in [-0.3, -0.25) is 0 Å². The Morgan fingerprint density at radius 3 is 0.800 bits per heavy atom. The second-order valence-corrected chi connectivity index (χ2v) is 29.1. The van der Waals surface area contributed by atoms with Crippen LogP contribution in [-0.2, 0) is 0 Å². The third-order valence-electron chi connectivity index (χ3n) is 13.3. The third kappa shape index (κ3) is 102. The molecule has 4 aliphatic carbocycles. The summed E-state index contributed by atoms with van der Waals surface area (Å²) in [6, 6.07) is 16.9. The maximum atomic E-state index is 2.39. The monoisotopic (exact) mass is 1130 g/mol. The summed E-state index contributed by atoms with van der Waals surface area (Å²) in [5.41, 5.74) is 7.49. The Kier molecular flexibility index (Phi) is 81.2. The first-order valence-electron chi connectivity index (χ1n) is 35.1. The maximum absolute atomic E-state index is 2.39. The van der Waals surface area contributed by atoms with Crippen LogP contribution < -0.4 is 0 Å². The van der Waals surface area contributed by atoms with Crippen LogP contribution in [0.1, 0.15) is 398 Å². The Hall–Kier alpha value is -1.56. The van der Waals surface area contributed by atoms with Gasteiger partial charge in [0, 0.05) is 0 Å². The van der Waals surface area contributed by atoms with E-state index in [2.05, 4.69) is 245 Å². The lowest BCUT2D eigenvalue weighted by Gasteiger charge is -2.32. The SMILES string of the molecule is CC.CC.CC.CC(C)(C)C.CC(C)C.CC1CC1.CC1CCC(C)(C)CC1.CC1CCCC1.CC1CCCCC1.CCC.CCC(C)(C)C.CCC(C)C.CCC(C)C.Cc1c(C(C)C)cccc1C(C)C.Cc1ccccc1. The number of hydrogen-bond donors (Lipinski definition) is 0. The van der Waals surface area contributed by atoms with E-state index >= 15 is 0 Å². The molecule has 4 saturated carbocycles. The van der Waals surface area contributed by atoms with Gasteiger partial charge < -0.3 is 0 Å². The van der Waals surface area contributed by atoms with Gasteiger partial charge in [0.05, 0.1) is 0 Å². The molecule has 0 amide bonds. The van der Waals surface area contributed by atoms with Crippen LogP contribution in [0, 0.1) is 71.5 Å². The van der Waals surface area contributed by atoms with Crippen LogP contribution in [0.3, 0.4) is 0 Å². The van der Waals surface area contributed by atoms with Gasteiger partial charge in [0.2, 0.25) is 0 Å². The summed E-state index contributed by atoms with van der Waals surface area (Å²) in [6.45, 7) is 81.2. The molecule has 0 spiro atoms. The van der Waals surface area contributed by atoms with Crippen molar-refractivity contribution < 1.29 is 0 Å². The molecule has 0 N–H and O–H groups in total. The topological polar surface area (TPSA) is 0 Å². The molecule has 6 rings (SSSR count). The molecule has 0 bridgehead atoms. The predicted molar refractivity (Wildman–Crippen MR) is 386 cm³/mol. The molecule has 0 heterocycles. The molecule has 0 unspecified atom stereocenters. The molecule has 0 saturated heterocycles. The smallest absolute Gasteiger partial charge is 0.0216 e. The molecule has 0 radical (unpaired) electrons. The van der Waals surface area contributed by atoms with Gasteiger partial charge in [-0.2, -0.15) is 0 Å². The first-order chi connectivity index (χ1) is 37.0. The molecule has 486 valence electrons. The molecule has 2 aromatic rings. The van der Waals surface area contributed by atoms with Gasteiger partial charge in [-0.15, -0.1) is 0 Å². The minimum Gasteiger partial charge on any atom is -0.0683 e. The Balaban J connectivity index is -0.0000000992. The van der Waals surface area contributed by atoms with E-state index in [0.29, 0.717) is 28.1 Å². The molecule has 4 fully saturated rings. The fraction of sp³-hybridized carbons (Fsp3) is 0.850. The van der Waals surface area contributed by atoms with E-state index in [9.17, 15) is 0 Å².